The van der Waals surface area contributed by atoms with Gasteiger partial charge in [-0.15, -0.1) is 0 Å². The molecule has 0 aromatic heterocycles. The van der Waals surface area contributed by atoms with Crippen molar-refractivity contribution in [1.82, 2.24) is 15.1 Å². The Hall–Kier alpha value is -1.62. The summed E-state index contributed by atoms with van der Waals surface area (Å²) in [6.45, 7) is 10.6. The summed E-state index contributed by atoms with van der Waals surface area (Å²) in [5, 5.41) is 2.95. The van der Waals surface area contributed by atoms with Crippen LogP contribution < -0.4 is 5.32 Å². The molecule has 1 saturated heterocycles. The number of likely N-dealkylation sites (tertiary alicyclic amines) is 1. The van der Waals surface area contributed by atoms with E-state index in [0.717, 1.165) is 6.42 Å². The van der Waals surface area contributed by atoms with E-state index in [1.54, 1.807) is 11.0 Å². The van der Waals surface area contributed by atoms with Gasteiger partial charge in [-0.05, 0) is 26.9 Å². The molecule has 5 nitrogen and oxygen atoms in total. The van der Waals surface area contributed by atoms with Crippen LogP contribution >= 0.6 is 0 Å². The molecular weight excluding hydrogens is 254 g/mol. The summed E-state index contributed by atoms with van der Waals surface area (Å²) in [6, 6.07) is 0. The second-order valence-electron chi connectivity index (χ2n) is 5.35. The molecule has 0 aromatic carbocycles. The SMILES string of the molecule is C=CC(CC)(NC(=O)C(=C)CN1CCCC1=O)N(C)C. The maximum Gasteiger partial charge on any atom is 0.250 e. The topological polar surface area (TPSA) is 52.7 Å². The number of amides is 2. The first-order valence-corrected chi connectivity index (χ1v) is 6.95. The fraction of sp³-hybridized carbons (Fsp3) is 0.600. The van der Waals surface area contributed by atoms with Crippen LogP contribution in [0.1, 0.15) is 26.2 Å². The zero-order valence-electron chi connectivity index (χ0n) is 12.7. The van der Waals surface area contributed by atoms with Crippen LogP contribution in [0.2, 0.25) is 0 Å². The second kappa shape index (κ2) is 6.70. The number of hydrogen-bond acceptors (Lipinski definition) is 3. The summed E-state index contributed by atoms with van der Waals surface area (Å²) < 4.78 is 0. The number of hydrogen-bond donors (Lipinski definition) is 1. The Morgan fingerprint density at radius 1 is 1.55 bits per heavy atom. The minimum absolute atomic E-state index is 0.0945. The molecule has 1 fully saturated rings. The van der Waals surface area contributed by atoms with E-state index < -0.39 is 5.66 Å². The predicted molar refractivity (Wildman–Crippen MR) is 80.0 cm³/mol. The quantitative estimate of drug-likeness (QED) is 0.432. The maximum atomic E-state index is 12.3. The second-order valence-corrected chi connectivity index (χ2v) is 5.35. The molecule has 1 atom stereocenters. The molecule has 2 amide bonds. The smallest absolute Gasteiger partial charge is 0.250 e. The fourth-order valence-corrected chi connectivity index (χ4v) is 2.35. The number of rotatable bonds is 7. The van der Waals surface area contributed by atoms with Gasteiger partial charge in [0.1, 0.15) is 5.66 Å². The average molecular weight is 279 g/mol. The van der Waals surface area contributed by atoms with Gasteiger partial charge in [0.2, 0.25) is 11.8 Å². The van der Waals surface area contributed by atoms with E-state index >= 15 is 0 Å². The van der Waals surface area contributed by atoms with Crippen LogP contribution in [-0.4, -0.2) is 54.5 Å². The van der Waals surface area contributed by atoms with Gasteiger partial charge < -0.3 is 10.2 Å². The van der Waals surface area contributed by atoms with Crippen LogP contribution in [0, 0.1) is 0 Å². The predicted octanol–water partition coefficient (Wildman–Crippen LogP) is 1.14. The Bertz CT molecular complexity index is 417. The van der Waals surface area contributed by atoms with E-state index in [4.69, 9.17) is 0 Å². The van der Waals surface area contributed by atoms with Crippen molar-refractivity contribution in [2.75, 3.05) is 27.2 Å². The van der Waals surface area contributed by atoms with Gasteiger partial charge in [-0.2, -0.15) is 0 Å². The molecule has 0 aliphatic carbocycles. The van der Waals surface area contributed by atoms with E-state index in [-0.39, 0.29) is 11.8 Å². The van der Waals surface area contributed by atoms with Crippen molar-refractivity contribution >= 4 is 11.8 Å². The van der Waals surface area contributed by atoms with E-state index in [1.165, 1.54) is 0 Å². The molecular formula is C15H25N3O2. The first-order valence-electron chi connectivity index (χ1n) is 6.95. The third-order valence-corrected chi connectivity index (χ3v) is 3.88. The van der Waals surface area contributed by atoms with Crippen LogP contribution in [0.5, 0.6) is 0 Å². The minimum atomic E-state index is -0.588. The zero-order chi connectivity index (χ0) is 15.3. The van der Waals surface area contributed by atoms with Crippen molar-refractivity contribution in [3.05, 3.63) is 24.8 Å². The zero-order valence-corrected chi connectivity index (χ0v) is 12.7. The number of nitrogens with zero attached hydrogens (tertiary/aromatic N) is 2. The highest BCUT2D eigenvalue weighted by Gasteiger charge is 2.30. The van der Waals surface area contributed by atoms with Crippen molar-refractivity contribution in [1.29, 1.82) is 0 Å². The summed E-state index contributed by atoms with van der Waals surface area (Å²) in [4.78, 5) is 27.4. The molecule has 0 radical (unpaired) electrons. The molecule has 1 rings (SSSR count). The summed E-state index contributed by atoms with van der Waals surface area (Å²) >= 11 is 0. The lowest BCUT2D eigenvalue weighted by Crippen LogP contribution is -2.56. The number of nitrogens with one attached hydrogen (secondary N) is 1. The summed E-state index contributed by atoms with van der Waals surface area (Å²) in [6.07, 6.45) is 3.85. The minimum Gasteiger partial charge on any atom is -0.338 e. The summed E-state index contributed by atoms with van der Waals surface area (Å²) in [5.74, 6) is -0.141. The molecule has 0 spiro atoms. The molecule has 1 unspecified atom stereocenters. The third kappa shape index (κ3) is 3.48. The van der Waals surface area contributed by atoms with Crippen molar-refractivity contribution in [2.24, 2.45) is 0 Å². The number of carbonyl (C=O) groups excluding carboxylic acids is 2. The Labute approximate surface area is 121 Å². The molecule has 20 heavy (non-hydrogen) atoms. The normalized spacial score (nSPS) is 18.0. The maximum absolute atomic E-state index is 12.3. The van der Waals surface area contributed by atoms with Crippen molar-refractivity contribution in [3.8, 4) is 0 Å². The van der Waals surface area contributed by atoms with Crippen LogP contribution in [0.3, 0.4) is 0 Å². The van der Waals surface area contributed by atoms with Gasteiger partial charge in [-0.25, -0.2) is 0 Å². The lowest BCUT2D eigenvalue weighted by molar-refractivity contribution is -0.127. The number of carbonyl (C=O) groups is 2. The van der Waals surface area contributed by atoms with Gasteiger partial charge in [0.25, 0.3) is 0 Å². The molecule has 0 saturated carbocycles. The molecule has 5 heteroatoms. The van der Waals surface area contributed by atoms with Gasteiger partial charge in [-0.3, -0.25) is 14.5 Å². The highest BCUT2D eigenvalue weighted by Crippen LogP contribution is 2.16. The lowest BCUT2D eigenvalue weighted by Gasteiger charge is -2.37. The van der Waals surface area contributed by atoms with E-state index in [2.05, 4.69) is 18.5 Å². The molecule has 0 aromatic rings. The van der Waals surface area contributed by atoms with Crippen LogP contribution in [0.25, 0.3) is 0 Å². The molecule has 1 aliphatic rings. The molecule has 0 bridgehead atoms. The highest BCUT2D eigenvalue weighted by molar-refractivity contribution is 5.94. The van der Waals surface area contributed by atoms with Gasteiger partial charge in [0, 0.05) is 18.5 Å². The molecule has 1 aliphatic heterocycles. The van der Waals surface area contributed by atoms with Gasteiger partial charge >= 0.3 is 0 Å². The average Bonchev–Trinajstić information content (AvgIpc) is 2.81. The lowest BCUT2D eigenvalue weighted by atomic mass is 10.1. The Balaban J connectivity index is 2.67. The highest BCUT2D eigenvalue weighted by atomic mass is 16.2. The Morgan fingerprint density at radius 3 is 2.60 bits per heavy atom. The molecule has 1 N–H and O–H groups in total. The van der Waals surface area contributed by atoms with Crippen LogP contribution in [-0.2, 0) is 9.59 Å². The van der Waals surface area contributed by atoms with Gasteiger partial charge in [-0.1, -0.05) is 26.2 Å². The van der Waals surface area contributed by atoms with E-state index in [1.807, 2.05) is 25.9 Å². The van der Waals surface area contributed by atoms with Crippen molar-refractivity contribution in [3.63, 3.8) is 0 Å². The van der Waals surface area contributed by atoms with Crippen LogP contribution in [0.4, 0.5) is 0 Å². The third-order valence-electron chi connectivity index (χ3n) is 3.88. The first-order chi connectivity index (χ1) is 9.36. The summed E-state index contributed by atoms with van der Waals surface area (Å²) in [7, 11) is 3.77. The van der Waals surface area contributed by atoms with Gasteiger partial charge in [0.05, 0.1) is 6.54 Å². The molecule has 1 heterocycles. The van der Waals surface area contributed by atoms with Crippen molar-refractivity contribution < 1.29 is 9.59 Å². The van der Waals surface area contributed by atoms with Gasteiger partial charge in [0.15, 0.2) is 0 Å². The van der Waals surface area contributed by atoms with Crippen molar-refractivity contribution in [2.45, 2.75) is 31.8 Å². The number of likely N-dealkylation sites (N-methyl/N-ethyl adjacent to an activating group) is 1. The largest absolute Gasteiger partial charge is 0.338 e. The summed E-state index contributed by atoms with van der Waals surface area (Å²) in [5.41, 5.74) is -0.184. The fourth-order valence-electron chi connectivity index (χ4n) is 2.35. The monoisotopic (exact) mass is 279 g/mol. The van der Waals surface area contributed by atoms with E-state index in [9.17, 15) is 9.59 Å². The first kappa shape index (κ1) is 16.4. The Kier molecular flexibility index (Phi) is 5.51. The molecule has 112 valence electrons. The standard InChI is InChI=1S/C15H25N3O2/c1-6-15(7-2,17(4)5)16-14(20)12(3)11-18-10-8-9-13(18)19/h6H,1,3,7-11H2,2,4-5H3,(H,16,20). The van der Waals surface area contributed by atoms with Crippen LogP contribution in [0.15, 0.2) is 24.8 Å². The Morgan fingerprint density at radius 2 is 2.20 bits per heavy atom. The van der Waals surface area contributed by atoms with E-state index in [0.29, 0.717) is 31.5 Å².